The zero-order valence-corrected chi connectivity index (χ0v) is 27.7. The van der Waals surface area contributed by atoms with Crippen molar-refractivity contribution in [1.29, 1.82) is 0 Å². The number of piperidine rings is 1. The SMILES string of the molecule is COc1cccc2c(Cc3ccc(O[C@H]4CCCC[C@@H]4N4CCCCC4)cc3)c(-c3ccc(OCCN4CCCC4)cc3)sc12. The Morgan fingerprint density at radius 2 is 1.49 bits per heavy atom. The standard InChI is InChI=1S/C39H48N2O3S/c1-42-37-13-9-10-33-34(38(45-39(33)37)30-16-20-31(21-17-30)43-27-26-40-22-7-8-23-40)28-29-14-18-32(19-15-29)44-36-12-4-3-11-35(36)41-24-5-2-6-25-41/h9-10,13-21,35-36H,2-8,11-12,22-28H2,1H3/t35-,36-/m0/s1. The number of benzene rings is 3. The molecule has 2 atom stereocenters. The molecular formula is C39H48N2O3S. The highest BCUT2D eigenvalue weighted by Crippen LogP contribution is 2.44. The van der Waals surface area contributed by atoms with Gasteiger partial charge in [-0.15, -0.1) is 11.3 Å². The van der Waals surface area contributed by atoms with E-state index in [0.717, 1.165) is 43.2 Å². The molecule has 2 aliphatic heterocycles. The van der Waals surface area contributed by atoms with Crippen LogP contribution in [0.15, 0.2) is 66.7 Å². The Labute approximate surface area is 273 Å². The van der Waals surface area contributed by atoms with Gasteiger partial charge in [-0.05, 0) is 137 Å². The summed E-state index contributed by atoms with van der Waals surface area (Å²) in [5.74, 6) is 2.88. The van der Waals surface area contributed by atoms with Crippen molar-refractivity contribution in [2.24, 2.45) is 0 Å². The molecule has 4 aromatic rings. The number of thiophene rings is 1. The normalized spacial score (nSPS) is 21.3. The first-order valence-corrected chi connectivity index (χ1v) is 18.1. The summed E-state index contributed by atoms with van der Waals surface area (Å²) in [6.45, 7) is 6.63. The van der Waals surface area contributed by atoms with Crippen LogP contribution in [0.3, 0.4) is 0 Å². The molecule has 5 nitrogen and oxygen atoms in total. The topological polar surface area (TPSA) is 34.2 Å². The van der Waals surface area contributed by atoms with E-state index in [1.807, 2.05) is 11.3 Å². The Morgan fingerprint density at radius 1 is 0.756 bits per heavy atom. The minimum Gasteiger partial charge on any atom is -0.495 e. The molecule has 0 N–H and O–H groups in total. The quantitative estimate of drug-likeness (QED) is 0.167. The Balaban J connectivity index is 1.08. The monoisotopic (exact) mass is 624 g/mol. The molecule has 0 amide bonds. The van der Waals surface area contributed by atoms with E-state index in [4.69, 9.17) is 14.2 Å². The first-order chi connectivity index (χ1) is 22.2. The fraction of sp³-hybridized carbons (Fsp3) is 0.487. The van der Waals surface area contributed by atoms with Crippen molar-refractivity contribution in [3.63, 3.8) is 0 Å². The average Bonchev–Trinajstić information content (AvgIpc) is 3.75. The highest BCUT2D eigenvalue weighted by molar-refractivity contribution is 7.23. The molecule has 238 valence electrons. The van der Waals surface area contributed by atoms with Crippen molar-refractivity contribution in [1.82, 2.24) is 9.80 Å². The average molecular weight is 625 g/mol. The zero-order chi connectivity index (χ0) is 30.4. The van der Waals surface area contributed by atoms with Gasteiger partial charge in [0.2, 0.25) is 0 Å². The van der Waals surface area contributed by atoms with E-state index in [1.54, 1.807) is 7.11 Å². The van der Waals surface area contributed by atoms with Crippen LogP contribution in [0.25, 0.3) is 20.5 Å². The fourth-order valence-electron chi connectivity index (χ4n) is 7.66. The van der Waals surface area contributed by atoms with Crippen molar-refractivity contribution in [3.8, 4) is 27.7 Å². The van der Waals surface area contributed by atoms with E-state index in [-0.39, 0.29) is 0 Å². The molecule has 3 heterocycles. The van der Waals surface area contributed by atoms with E-state index >= 15 is 0 Å². The number of rotatable bonds is 11. The Hall–Kier alpha value is -3.06. The number of hydrogen-bond acceptors (Lipinski definition) is 6. The number of fused-ring (bicyclic) bond motifs is 1. The molecule has 0 unspecified atom stereocenters. The Bertz CT molecular complexity index is 1520. The molecule has 0 bridgehead atoms. The Morgan fingerprint density at radius 3 is 2.27 bits per heavy atom. The number of ether oxygens (including phenoxy) is 3. The van der Waals surface area contributed by atoms with Gasteiger partial charge in [-0.2, -0.15) is 0 Å². The molecule has 2 saturated heterocycles. The van der Waals surface area contributed by atoms with Gasteiger partial charge in [0, 0.05) is 22.8 Å². The van der Waals surface area contributed by atoms with E-state index in [1.165, 1.54) is 109 Å². The summed E-state index contributed by atoms with van der Waals surface area (Å²) in [5.41, 5.74) is 3.87. The summed E-state index contributed by atoms with van der Waals surface area (Å²) in [7, 11) is 1.77. The van der Waals surface area contributed by atoms with Gasteiger partial charge in [0.1, 0.15) is 30.0 Å². The van der Waals surface area contributed by atoms with Crippen molar-refractivity contribution < 1.29 is 14.2 Å². The lowest BCUT2D eigenvalue weighted by atomic mass is 9.90. The first kappa shape index (κ1) is 30.6. The number of nitrogens with zero attached hydrogens (tertiary/aromatic N) is 2. The van der Waals surface area contributed by atoms with Gasteiger partial charge in [-0.25, -0.2) is 0 Å². The van der Waals surface area contributed by atoms with Crippen LogP contribution in [0, 0.1) is 0 Å². The minimum atomic E-state index is 0.301. The summed E-state index contributed by atoms with van der Waals surface area (Å²) in [5, 5.41) is 1.27. The van der Waals surface area contributed by atoms with Crippen LogP contribution in [-0.4, -0.2) is 68.4 Å². The number of hydrogen-bond donors (Lipinski definition) is 0. The Kier molecular flexibility index (Phi) is 9.91. The molecule has 3 aromatic carbocycles. The molecule has 1 saturated carbocycles. The van der Waals surface area contributed by atoms with Crippen molar-refractivity contribution in [2.45, 2.75) is 76.4 Å². The maximum atomic E-state index is 6.70. The minimum absolute atomic E-state index is 0.301. The van der Waals surface area contributed by atoms with E-state index in [0.29, 0.717) is 12.1 Å². The molecule has 3 aliphatic rings. The summed E-state index contributed by atoms with van der Waals surface area (Å²) in [6.07, 6.45) is 12.9. The third kappa shape index (κ3) is 7.19. The molecule has 6 heteroatoms. The van der Waals surface area contributed by atoms with Crippen LogP contribution < -0.4 is 14.2 Å². The molecular weight excluding hydrogens is 577 g/mol. The second kappa shape index (κ2) is 14.6. The highest BCUT2D eigenvalue weighted by Gasteiger charge is 2.32. The van der Waals surface area contributed by atoms with E-state index < -0.39 is 0 Å². The lowest BCUT2D eigenvalue weighted by molar-refractivity contribution is 0.0261. The smallest absolute Gasteiger partial charge is 0.136 e. The lowest BCUT2D eigenvalue weighted by Crippen LogP contribution is -2.49. The number of methoxy groups -OCH3 is 1. The summed E-state index contributed by atoms with van der Waals surface area (Å²) in [4.78, 5) is 6.50. The first-order valence-electron chi connectivity index (χ1n) is 17.3. The molecule has 0 radical (unpaired) electrons. The van der Waals surface area contributed by atoms with Crippen molar-refractivity contribution in [2.75, 3.05) is 46.4 Å². The van der Waals surface area contributed by atoms with Crippen LogP contribution in [0.1, 0.15) is 68.9 Å². The number of likely N-dealkylation sites (tertiary alicyclic amines) is 2. The van der Waals surface area contributed by atoms with Crippen LogP contribution in [0.5, 0.6) is 17.2 Å². The van der Waals surface area contributed by atoms with Gasteiger partial charge in [0.15, 0.2) is 0 Å². The molecule has 45 heavy (non-hydrogen) atoms. The molecule has 1 aliphatic carbocycles. The van der Waals surface area contributed by atoms with Crippen LogP contribution in [0.4, 0.5) is 0 Å². The van der Waals surface area contributed by atoms with Crippen LogP contribution >= 0.6 is 11.3 Å². The second-order valence-electron chi connectivity index (χ2n) is 13.1. The van der Waals surface area contributed by atoms with Gasteiger partial charge < -0.3 is 14.2 Å². The third-order valence-electron chi connectivity index (χ3n) is 10.1. The maximum absolute atomic E-state index is 6.70. The molecule has 0 spiro atoms. The van der Waals surface area contributed by atoms with Gasteiger partial charge in [-0.3, -0.25) is 9.80 Å². The molecule has 7 rings (SSSR count). The van der Waals surface area contributed by atoms with Crippen molar-refractivity contribution >= 4 is 21.4 Å². The fourth-order valence-corrected chi connectivity index (χ4v) is 8.98. The van der Waals surface area contributed by atoms with Gasteiger partial charge >= 0.3 is 0 Å². The predicted molar refractivity (Wildman–Crippen MR) is 186 cm³/mol. The summed E-state index contributed by atoms with van der Waals surface area (Å²) >= 11 is 1.83. The van der Waals surface area contributed by atoms with Gasteiger partial charge in [-0.1, -0.05) is 37.1 Å². The van der Waals surface area contributed by atoms with Gasteiger partial charge in [0.05, 0.1) is 11.8 Å². The van der Waals surface area contributed by atoms with Crippen LogP contribution in [0.2, 0.25) is 0 Å². The zero-order valence-electron chi connectivity index (χ0n) is 26.8. The third-order valence-corrected chi connectivity index (χ3v) is 11.4. The highest BCUT2D eigenvalue weighted by atomic mass is 32.1. The second-order valence-corrected chi connectivity index (χ2v) is 14.1. The largest absolute Gasteiger partial charge is 0.495 e. The lowest BCUT2D eigenvalue weighted by Gasteiger charge is -2.41. The van der Waals surface area contributed by atoms with Crippen LogP contribution in [-0.2, 0) is 6.42 Å². The van der Waals surface area contributed by atoms with E-state index in [2.05, 4.69) is 76.5 Å². The summed E-state index contributed by atoms with van der Waals surface area (Å²) in [6, 6.07) is 24.6. The maximum Gasteiger partial charge on any atom is 0.136 e. The molecule has 1 aromatic heterocycles. The predicted octanol–water partition coefficient (Wildman–Crippen LogP) is 8.82. The van der Waals surface area contributed by atoms with Crippen molar-refractivity contribution in [3.05, 3.63) is 77.9 Å². The molecule has 3 fully saturated rings. The van der Waals surface area contributed by atoms with Gasteiger partial charge in [0.25, 0.3) is 0 Å². The van der Waals surface area contributed by atoms with E-state index in [9.17, 15) is 0 Å². The summed E-state index contributed by atoms with van der Waals surface area (Å²) < 4.78 is 19.8.